The second-order valence-electron chi connectivity index (χ2n) is 5.37. The minimum atomic E-state index is 0.196. The van der Waals surface area contributed by atoms with Crippen molar-refractivity contribution in [3.63, 3.8) is 0 Å². The lowest BCUT2D eigenvalue weighted by Crippen LogP contribution is -2.30. The summed E-state index contributed by atoms with van der Waals surface area (Å²) >= 11 is 0. The van der Waals surface area contributed by atoms with Crippen molar-refractivity contribution in [2.24, 2.45) is 17.6 Å². The van der Waals surface area contributed by atoms with E-state index in [0.717, 1.165) is 11.6 Å². The van der Waals surface area contributed by atoms with Gasteiger partial charge in [-0.3, -0.25) is 4.98 Å². The molecule has 0 aliphatic heterocycles. The van der Waals surface area contributed by atoms with Gasteiger partial charge in [-0.1, -0.05) is 32.6 Å². The van der Waals surface area contributed by atoms with E-state index in [-0.39, 0.29) is 6.04 Å². The van der Waals surface area contributed by atoms with E-state index in [1.54, 1.807) is 0 Å². The molecule has 1 saturated carbocycles. The number of pyridine rings is 1. The molecular formula is C15H24N2. The Hall–Kier alpha value is -0.890. The molecule has 2 rings (SSSR count). The highest BCUT2D eigenvalue weighted by Gasteiger charge is 2.29. The summed E-state index contributed by atoms with van der Waals surface area (Å²) in [7, 11) is 0. The maximum absolute atomic E-state index is 6.48. The standard InChI is InChI=1S/C15H24N2/c1-3-12-6-4-5-7-14(12)15(16)13-8-9-17-11(2)10-13/h8-10,12,14-15H,3-7,16H2,1-2H3. The van der Waals surface area contributed by atoms with E-state index in [9.17, 15) is 0 Å². The minimum absolute atomic E-state index is 0.196. The Balaban J connectivity index is 2.15. The van der Waals surface area contributed by atoms with Gasteiger partial charge in [0.05, 0.1) is 0 Å². The lowest BCUT2D eigenvalue weighted by atomic mass is 9.73. The van der Waals surface area contributed by atoms with Gasteiger partial charge >= 0.3 is 0 Å². The number of rotatable bonds is 3. The lowest BCUT2D eigenvalue weighted by molar-refractivity contribution is 0.196. The van der Waals surface area contributed by atoms with Crippen molar-refractivity contribution in [2.45, 2.75) is 52.0 Å². The summed E-state index contributed by atoms with van der Waals surface area (Å²) in [6.07, 6.45) is 8.53. The van der Waals surface area contributed by atoms with Gasteiger partial charge in [-0.25, -0.2) is 0 Å². The summed E-state index contributed by atoms with van der Waals surface area (Å²) in [4.78, 5) is 4.25. The topological polar surface area (TPSA) is 38.9 Å². The van der Waals surface area contributed by atoms with Crippen LogP contribution in [0.5, 0.6) is 0 Å². The molecule has 1 aliphatic carbocycles. The number of aryl methyl sites for hydroxylation is 1. The first-order valence-corrected chi connectivity index (χ1v) is 6.90. The Morgan fingerprint density at radius 1 is 1.41 bits per heavy atom. The van der Waals surface area contributed by atoms with Crippen LogP contribution in [0.2, 0.25) is 0 Å². The fraction of sp³-hybridized carbons (Fsp3) is 0.667. The molecule has 2 nitrogen and oxygen atoms in total. The number of hydrogen-bond donors (Lipinski definition) is 1. The van der Waals surface area contributed by atoms with Crippen molar-refractivity contribution in [3.05, 3.63) is 29.6 Å². The summed E-state index contributed by atoms with van der Waals surface area (Å²) in [6, 6.07) is 4.42. The first-order chi connectivity index (χ1) is 8.22. The van der Waals surface area contributed by atoms with Crippen LogP contribution < -0.4 is 5.73 Å². The molecule has 1 heterocycles. The first kappa shape index (κ1) is 12.6. The van der Waals surface area contributed by atoms with Gasteiger partial charge in [-0.2, -0.15) is 0 Å². The Labute approximate surface area is 105 Å². The predicted molar refractivity (Wildman–Crippen MR) is 71.6 cm³/mol. The van der Waals surface area contributed by atoms with Crippen LogP contribution in [0.1, 0.15) is 56.3 Å². The van der Waals surface area contributed by atoms with Crippen molar-refractivity contribution < 1.29 is 0 Å². The molecule has 3 unspecified atom stereocenters. The van der Waals surface area contributed by atoms with E-state index >= 15 is 0 Å². The maximum Gasteiger partial charge on any atom is 0.0375 e. The second kappa shape index (κ2) is 5.63. The molecule has 94 valence electrons. The molecule has 1 aromatic rings. The van der Waals surface area contributed by atoms with Gasteiger partial charge in [-0.05, 0) is 42.9 Å². The molecule has 0 radical (unpaired) electrons. The number of nitrogens with two attached hydrogens (primary N) is 1. The fourth-order valence-corrected chi connectivity index (χ4v) is 3.24. The van der Waals surface area contributed by atoms with Crippen LogP contribution in [-0.4, -0.2) is 4.98 Å². The molecule has 0 amide bonds. The molecule has 2 N–H and O–H groups in total. The van der Waals surface area contributed by atoms with Gasteiger partial charge in [0.2, 0.25) is 0 Å². The maximum atomic E-state index is 6.48. The number of aromatic nitrogens is 1. The van der Waals surface area contributed by atoms with Crippen molar-refractivity contribution in [1.29, 1.82) is 0 Å². The van der Waals surface area contributed by atoms with Gasteiger partial charge in [0, 0.05) is 17.9 Å². The molecule has 0 spiro atoms. The molecule has 1 aliphatic rings. The Morgan fingerprint density at radius 2 is 2.18 bits per heavy atom. The molecule has 2 heteroatoms. The fourth-order valence-electron chi connectivity index (χ4n) is 3.24. The summed E-state index contributed by atoms with van der Waals surface area (Å²) in [5.41, 5.74) is 8.81. The quantitative estimate of drug-likeness (QED) is 0.864. The third kappa shape index (κ3) is 2.86. The van der Waals surface area contributed by atoms with Gasteiger partial charge in [0.1, 0.15) is 0 Å². The van der Waals surface area contributed by atoms with Crippen LogP contribution in [0.3, 0.4) is 0 Å². The largest absolute Gasteiger partial charge is 0.324 e. The summed E-state index contributed by atoms with van der Waals surface area (Å²) < 4.78 is 0. The zero-order chi connectivity index (χ0) is 12.3. The van der Waals surface area contributed by atoms with E-state index in [4.69, 9.17) is 5.73 Å². The van der Waals surface area contributed by atoms with Crippen molar-refractivity contribution in [2.75, 3.05) is 0 Å². The number of hydrogen-bond acceptors (Lipinski definition) is 2. The van der Waals surface area contributed by atoms with E-state index in [1.807, 2.05) is 13.1 Å². The molecule has 1 fully saturated rings. The monoisotopic (exact) mass is 232 g/mol. The van der Waals surface area contributed by atoms with E-state index < -0.39 is 0 Å². The summed E-state index contributed by atoms with van der Waals surface area (Å²) in [5, 5.41) is 0. The predicted octanol–water partition coefficient (Wildman–Crippen LogP) is 3.61. The Bertz CT molecular complexity index is 362. The summed E-state index contributed by atoms with van der Waals surface area (Å²) in [6.45, 7) is 4.34. The molecule has 1 aromatic heterocycles. The Kier molecular flexibility index (Phi) is 4.16. The summed E-state index contributed by atoms with van der Waals surface area (Å²) in [5.74, 6) is 1.47. The average Bonchev–Trinajstić information content (AvgIpc) is 2.38. The van der Waals surface area contributed by atoms with E-state index in [0.29, 0.717) is 5.92 Å². The molecule has 3 atom stereocenters. The highest BCUT2D eigenvalue weighted by atomic mass is 14.7. The zero-order valence-corrected chi connectivity index (χ0v) is 11.0. The van der Waals surface area contributed by atoms with Crippen molar-refractivity contribution in [1.82, 2.24) is 4.98 Å². The van der Waals surface area contributed by atoms with Crippen LogP contribution in [0.15, 0.2) is 18.3 Å². The highest BCUT2D eigenvalue weighted by Crippen LogP contribution is 2.39. The Morgan fingerprint density at radius 3 is 2.88 bits per heavy atom. The average molecular weight is 232 g/mol. The second-order valence-corrected chi connectivity index (χ2v) is 5.37. The van der Waals surface area contributed by atoms with Crippen molar-refractivity contribution in [3.8, 4) is 0 Å². The smallest absolute Gasteiger partial charge is 0.0375 e. The third-order valence-electron chi connectivity index (χ3n) is 4.26. The SMILES string of the molecule is CCC1CCCCC1C(N)c1ccnc(C)c1. The van der Waals surface area contributed by atoms with Crippen molar-refractivity contribution >= 4 is 0 Å². The van der Waals surface area contributed by atoms with E-state index in [1.165, 1.54) is 37.7 Å². The molecule has 0 saturated heterocycles. The van der Waals surface area contributed by atoms with Crippen LogP contribution in [-0.2, 0) is 0 Å². The van der Waals surface area contributed by atoms with Crippen LogP contribution in [0, 0.1) is 18.8 Å². The van der Waals surface area contributed by atoms with Crippen LogP contribution >= 0.6 is 0 Å². The minimum Gasteiger partial charge on any atom is -0.324 e. The molecule has 0 bridgehead atoms. The first-order valence-electron chi connectivity index (χ1n) is 6.90. The highest BCUT2D eigenvalue weighted by molar-refractivity contribution is 5.20. The number of nitrogens with zero attached hydrogens (tertiary/aromatic N) is 1. The lowest BCUT2D eigenvalue weighted by Gasteiger charge is -2.35. The molecule has 17 heavy (non-hydrogen) atoms. The molecule has 0 aromatic carbocycles. The molecular weight excluding hydrogens is 208 g/mol. The van der Waals surface area contributed by atoms with E-state index in [2.05, 4.69) is 24.0 Å². The zero-order valence-electron chi connectivity index (χ0n) is 11.0. The normalized spacial score (nSPS) is 26.8. The third-order valence-corrected chi connectivity index (χ3v) is 4.26. The van der Waals surface area contributed by atoms with Gasteiger partial charge in [0.15, 0.2) is 0 Å². The van der Waals surface area contributed by atoms with Gasteiger partial charge in [0.25, 0.3) is 0 Å². The van der Waals surface area contributed by atoms with Crippen LogP contribution in [0.25, 0.3) is 0 Å². The van der Waals surface area contributed by atoms with Gasteiger partial charge < -0.3 is 5.73 Å². The van der Waals surface area contributed by atoms with Crippen LogP contribution in [0.4, 0.5) is 0 Å². The van der Waals surface area contributed by atoms with Gasteiger partial charge in [-0.15, -0.1) is 0 Å².